The molecule has 2 aromatic heterocycles. The van der Waals surface area contributed by atoms with Gasteiger partial charge in [-0.2, -0.15) is 27.7 Å². The number of piperidine rings is 1. The van der Waals surface area contributed by atoms with Gasteiger partial charge >= 0.3 is 0 Å². The third kappa shape index (κ3) is 6.24. The molecule has 0 bridgehead atoms. The zero-order chi connectivity index (χ0) is 26.8. The van der Waals surface area contributed by atoms with Crippen LogP contribution in [0.25, 0.3) is 10.6 Å². The largest absolute Gasteiger partial charge is 0.388 e. The van der Waals surface area contributed by atoms with Gasteiger partial charge in [-0.25, -0.2) is 9.97 Å². The van der Waals surface area contributed by atoms with Crippen LogP contribution in [0.5, 0.6) is 0 Å². The molecule has 3 aliphatic rings. The van der Waals surface area contributed by atoms with Crippen molar-refractivity contribution in [1.29, 1.82) is 5.26 Å². The van der Waals surface area contributed by atoms with Crippen LogP contribution in [0.2, 0.25) is 0 Å². The molecule has 3 atom stereocenters. The molecular weight excluding hydrogens is 528 g/mol. The SMILES string of the molecule is C[C@@]1(O)CCC[C@H]1Nc1nc(NC2CCN(S(=O)(=O)NC[C@@H]3CCCO3)CC2)ncc1-c1nc(C#N)cs1. The van der Waals surface area contributed by atoms with Crippen molar-refractivity contribution >= 4 is 33.3 Å². The first-order valence-corrected chi connectivity index (χ1v) is 15.4. The second-order valence-electron chi connectivity index (χ2n) is 10.4. The molecule has 1 saturated carbocycles. The van der Waals surface area contributed by atoms with Crippen molar-refractivity contribution in [2.75, 3.05) is 36.9 Å². The van der Waals surface area contributed by atoms with Crippen LogP contribution in [0, 0.1) is 11.3 Å². The molecule has 2 aromatic rings. The van der Waals surface area contributed by atoms with Crippen LogP contribution in [0.4, 0.5) is 11.8 Å². The lowest BCUT2D eigenvalue weighted by atomic mass is 10.0. The lowest BCUT2D eigenvalue weighted by molar-refractivity contribution is 0.0577. The lowest BCUT2D eigenvalue weighted by Gasteiger charge is -2.32. The van der Waals surface area contributed by atoms with Crippen LogP contribution in [0.3, 0.4) is 0 Å². The van der Waals surface area contributed by atoms with Gasteiger partial charge in [0, 0.05) is 43.9 Å². The average molecular weight is 563 g/mol. The van der Waals surface area contributed by atoms with Crippen LogP contribution < -0.4 is 15.4 Å². The summed E-state index contributed by atoms with van der Waals surface area (Å²) in [5.41, 5.74) is 0.146. The van der Waals surface area contributed by atoms with Crippen molar-refractivity contribution in [3.63, 3.8) is 0 Å². The maximum Gasteiger partial charge on any atom is 0.279 e. The topological polar surface area (TPSA) is 165 Å². The fourth-order valence-electron chi connectivity index (χ4n) is 5.23. The van der Waals surface area contributed by atoms with Crippen LogP contribution in [0.1, 0.15) is 57.6 Å². The number of hydrogen-bond acceptors (Lipinski definition) is 11. The molecule has 38 heavy (non-hydrogen) atoms. The maximum atomic E-state index is 12.7. The van der Waals surface area contributed by atoms with E-state index in [1.165, 1.54) is 15.6 Å². The van der Waals surface area contributed by atoms with Gasteiger partial charge in [0.05, 0.1) is 23.3 Å². The summed E-state index contributed by atoms with van der Waals surface area (Å²) in [6.45, 7) is 3.60. The highest BCUT2D eigenvalue weighted by atomic mass is 32.2. The third-order valence-electron chi connectivity index (χ3n) is 7.52. The molecule has 0 unspecified atom stereocenters. The fourth-order valence-corrected chi connectivity index (χ4v) is 7.25. The second-order valence-corrected chi connectivity index (χ2v) is 13.0. The van der Waals surface area contributed by atoms with E-state index in [1.807, 2.05) is 6.92 Å². The Kier molecular flexibility index (Phi) is 8.13. The first-order valence-electron chi connectivity index (χ1n) is 13.1. The highest BCUT2D eigenvalue weighted by Gasteiger charge is 2.37. The van der Waals surface area contributed by atoms with Crippen molar-refractivity contribution < 1.29 is 18.3 Å². The molecule has 14 heteroatoms. The first kappa shape index (κ1) is 27.2. The molecule has 2 aliphatic heterocycles. The summed E-state index contributed by atoms with van der Waals surface area (Å²) in [4.78, 5) is 13.6. The number of nitriles is 1. The Morgan fingerprint density at radius 1 is 1.24 bits per heavy atom. The molecule has 0 amide bonds. The monoisotopic (exact) mass is 562 g/mol. The zero-order valence-corrected chi connectivity index (χ0v) is 23.0. The van der Waals surface area contributed by atoms with Gasteiger partial charge in [0.2, 0.25) is 5.95 Å². The van der Waals surface area contributed by atoms with E-state index in [9.17, 15) is 18.8 Å². The molecule has 5 rings (SSSR count). The molecule has 206 valence electrons. The number of aromatic nitrogens is 3. The van der Waals surface area contributed by atoms with E-state index >= 15 is 0 Å². The van der Waals surface area contributed by atoms with Crippen molar-refractivity contribution in [2.24, 2.45) is 0 Å². The standard InChI is InChI=1S/C24H34N8O4S2/c1-24(33)8-2-5-20(24)30-21-19(22-28-17(12-25)15-37-22)14-26-23(31-21)29-16-6-9-32(10-7-16)38(34,35)27-13-18-4-3-11-36-18/h14-16,18,20,27,33H,2-11,13H2,1H3,(H2,26,29,30,31)/t18-,20+,24+/m0/s1. The Morgan fingerprint density at radius 3 is 2.71 bits per heavy atom. The van der Waals surface area contributed by atoms with Crippen LogP contribution in [0.15, 0.2) is 11.6 Å². The summed E-state index contributed by atoms with van der Waals surface area (Å²) in [5.74, 6) is 0.968. The summed E-state index contributed by atoms with van der Waals surface area (Å²) >= 11 is 1.34. The Hall–Kier alpha value is -2.41. The summed E-state index contributed by atoms with van der Waals surface area (Å²) in [5, 5.41) is 29.1. The van der Waals surface area contributed by atoms with E-state index < -0.39 is 15.8 Å². The van der Waals surface area contributed by atoms with Crippen molar-refractivity contribution in [1.82, 2.24) is 24.0 Å². The smallest absolute Gasteiger partial charge is 0.279 e. The minimum absolute atomic E-state index is 0.0120. The molecule has 0 spiro atoms. The Balaban J connectivity index is 1.25. The summed E-state index contributed by atoms with van der Waals surface area (Å²) in [6, 6.07) is 1.89. The average Bonchev–Trinajstić information content (AvgIpc) is 3.65. The molecule has 3 fully saturated rings. The minimum Gasteiger partial charge on any atom is -0.388 e. The summed E-state index contributed by atoms with van der Waals surface area (Å²) < 4.78 is 35.1. The molecule has 4 heterocycles. The van der Waals surface area contributed by atoms with Gasteiger partial charge in [0.15, 0.2) is 5.69 Å². The number of nitrogens with one attached hydrogen (secondary N) is 3. The van der Waals surface area contributed by atoms with E-state index in [-0.39, 0.29) is 18.2 Å². The lowest BCUT2D eigenvalue weighted by Crippen LogP contribution is -2.48. The van der Waals surface area contributed by atoms with Crippen LogP contribution in [-0.2, 0) is 14.9 Å². The number of thiazole rings is 1. The van der Waals surface area contributed by atoms with Gasteiger partial charge in [0.1, 0.15) is 16.9 Å². The van der Waals surface area contributed by atoms with Gasteiger partial charge in [-0.3, -0.25) is 0 Å². The minimum atomic E-state index is -3.55. The van der Waals surface area contributed by atoms with Crippen molar-refractivity contribution in [3.8, 4) is 16.6 Å². The number of ether oxygens (including phenoxy) is 1. The quantitative estimate of drug-likeness (QED) is 0.355. The molecule has 2 saturated heterocycles. The van der Waals surface area contributed by atoms with Crippen molar-refractivity contribution in [3.05, 3.63) is 17.3 Å². The summed E-state index contributed by atoms with van der Waals surface area (Å²) in [7, 11) is -3.55. The Bertz CT molecular complexity index is 1260. The molecular formula is C24H34N8O4S2. The highest BCUT2D eigenvalue weighted by molar-refractivity contribution is 7.87. The van der Waals surface area contributed by atoms with E-state index in [0.29, 0.717) is 73.5 Å². The first-order chi connectivity index (χ1) is 18.2. The van der Waals surface area contributed by atoms with E-state index in [1.54, 1.807) is 11.6 Å². The highest BCUT2D eigenvalue weighted by Crippen LogP contribution is 2.35. The van der Waals surface area contributed by atoms with Gasteiger partial charge < -0.3 is 20.5 Å². The van der Waals surface area contributed by atoms with Gasteiger partial charge in [0.25, 0.3) is 10.2 Å². The zero-order valence-electron chi connectivity index (χ0n) is 21.4. The predicted molar refractivity (Wildman–Crippen MR) is 144 cm³/mol. The molecule has 4 N–H and O–H groups in total. The summed E-state index contributed by atoms with van der Waals surface area (Å²) in [6.07, 6.45) is 7.14. The maximum absolute atomic E-state index is 12.7. The number of hydrogen-bond donors (Lipinski definition) is 4. The second kappa shape index (κ2) is 11.4. The molecule has 0 radical (unpaired) electrons. The van der Waals surface area contributed by atoms with Crippen molar-refractivity contribution in [2.45, 2.75) is 75.7 Å². The predicted octanol–water partition coefficient (Wildman–Crippen LogP) is 2.08. The van der Waals surface area contributed by atoms with E-state index in [2.05, 4.69) is 31.4 Å². The Labute approximate surface area is 227 Å². The molecule has 0 aromatic carbocycles. The van der Waals surface area contributed by atoms with Crippen LogP contribution >= 0.6 is 11.3 Å². The number of nitrogens with zero attached hydrogens (tertiary/aromatic N) is 5. The van der Waals surface area contributed by atoms with Gasteiger partial charge in [-0.1, -0.05) is 0 Å². The van der Waals surface area contributed by atoms with E-state index in [0.717, 1.165) is 25.7 Å². The van der Waals surface area contributed by atoms with E-state index in [4.69, 9.17) is 9.72 Å². The normalized spacial score (nSPS) is 26.9. The Morgan fingerprint density at radius 2 is 2.05 bits per heavy atom. The molecule has 12 nitrogen and oxygen atoms in total. The molecule has 1 aliphatic carbocycles. The van der Waals surface area contributed by atoms with Gasteiger partial charge in [-0.05, 0) is 51.9 Å². The third-order valence-corrected chi connectivity index (χ3v) is 9.97. The number of rotatable bonds is 9. The number of aliphatic hydroxyl groups is 1. The van der Waals surface area contributed by atoms with Crippen LogP contribution in [-0.4, -0.2) is 82.8 Å². The number of anilines is 2. The fraction of sp³-hybridized carbons (Fsp3) is 0.667. The van der Waals surface area contributed by atoms with Gasteiger partial charge in [-0.15, -0.1) is 11.3 Å².